The van der Waals surface area contributed by atoms with Crippen LogP contribution in [0.15, 0.2) is 30.5 Å². The maximum Gasteiger partial charge on any atom is 0.416 e. The van der Waals surface area contributed by atoms with Gasteiger partial charge in [-0.15, -0.1) is 4.37 Å². The molecule has 2 N–H and O–H groups in total. The molecule has 10 nitrogen and oxygen atoms in total. The Bertz CT molecular complexity index is 1260. The van der Waals surface area contributed by atoms with Gasteiger partial charge in [0.25, 0.3) is 5.88 Å². The molecule has 2 aromatic heterocycles. The van der Waals surface area contributed by atoms with Crippen LogP contribution in [0, 0.1) is 0 Å². The minimum Gasteiger partial charge on any atom is -0.468 e. The van der Waals surface area contributed by atoms with Crippen LogP contribution in [0.2, 0.25) is 0 Å². The van der Waals surface area contributed by atoms with Gasteiger partial charge in [-0.1, -0.05) is 0 Å². The highest BCUT2D eigenvalue weighted by molar-refractivity contribution is 6.99. The lowest BCUT2D eigenvalue weighted by molar-refractivity contribution is -0.143. The summed E-state index contributed by atoms with van der Waals surface area (Å²) in [4.78, 5) is 24.2. The lowest BCUT2D eigenvalue weighted by Gasteiger charge is -2.34. The molecule has 3 heterocycles. The molecule has 39 heavy (non-hydrogen) atoms. The quantitative estimate of drug-likeness (QED) is 0.389. The number of hydrogen-bond donors (Lipinski definition) is 2. The fourth-order valence-corrected chi connectivity index (χ4v) is 4.19. The van der Waals surface area contributed by atoms with Gasteiger partial charge in [-0.3, -0.25) is 0 Å². The van der Waals surface area contributed by atoms with Gasteiger partial charge in [-0.05, 0) is 31.2 Å². The van der Waals surface area contributed by atoms with E-state index in [1.165, 1.54) is 4.90 Å². The van der Waals surface area contributed by atoms with Crippen molar-refractivity contribution in [1.29, 1.82) is 0 Å². The van der Waals surface area contributed by atoms with Gasteiger partial charge in [0, 0.05) is 44.6 Å². The molecule has 17 heteroatoms. The Hall–Kier alpha value is -3.89. The number of halogens is 6. The number of carbonyl (C=O) groups excluding carboxylic acids is 1. The number of hydrogen-bond acceptors (Lipinski definition) is 9. The molecular formula is C22H22F6N8O2S. The minimum atomic E-state index is -5.02. The second-order valence-corrected chi connectivity index (χ2v) is 8.81. The number of piperazine rings is 1. The molecule has 1 aliphatic rings. The molecule has 1 saturated heterocycles. The summed E-state index contributed by atoms with van der Waals surface area (Å²) in [5.41, 5.74) is -3.02. The first-order chi connectivity index (χ1) is 18.4. The van der Waals surface area contributed by atoms with Crippen LogP contribution in [0.4, 0.5) is 48.6 Å². The Labute approximate surface area is 222 Å². The van der Waals surface area contributed by atoms with Gasteiger partial charge < -0.3 is 25.2 Å². The predicted octanol–water partition coefficient (Wildman–Crippen LogP) is 4.73. The molecular weight excluding hydrogens is 554 g/mol. The van der Waals surface area contributed by atoms with Crippen molar-refractivity contribution < 1.29 is 35.9 Å². The van der Waals surface area contributed by atoms with E-state index in [2.05, 4.69) is 29.3 Å². The third-order valence-corrected chi connectivity index (χ3v) is 6.05. The highest BCUT2D eigenvalue weighted by Gasteiger charge is 2.37. The molecule has 1 aliphatic heterocycles. The number of anilines is 3. The van der Waals surface area contributed by atoms with Gasteiger partial charge in [0.1, 0.15) is 6.61 Å². The molecule has 0 spiro atoms. The standard InChI is InChI=1S/C22H22F6N8O2S/c1-2-29-19-30-4-3-15(31-19)12-38-18-17(33-39-34-18)35-5-7-36(8-6-35)20(37)32-16-10-13(21(23,24)25)9-14(11-16)22(26,27)28/h3-4,9-11H,2,5-8,12H2,1H3,(H,32,37)(H,29,30,31). The zero-order chi connectivity index (χ0) is 28.2. The van der Waals surface area contributed by atoms with Crippen molar-refractivity contribution in [2.24, 2.45) is 0 Å². The van der Waals surface area contributed by atoms with E-state index in [4.69, 9.17) is 4.74 Å². The Morgan fingerprint density at radius 2 is 1.69 bits per heavy atom. The van der Waals surface area contributed by atoms with Crippen molar-refractivity contribution >= 4 is 35.2 Å². The van der Waals surface area contributed by atoms with Gasteiger partial charge in [0.15, 0.2) is 0 Å². The van der Waals surface area contributed by atoms with Crippen LogP contribution in [0.1, 0.15) is 23.7 Å². The number of amides is 2. The van der Waals surface area contributed by atoms with Gasteiger partial charge >= 0.3 is 18.4 Å². The van der Waals surface area contributed by atoms with E-state index < -0.39 is 35.2 Å². The molecule has 0 bridgehead atoms. The van der Waals surface area contributed by atoms with E-state index in [1.807, 2.05) is 11.8 Å². The predicted molar refractivity (Wildman–Crippen MR) is 130 cm³/mol. The summed E-state index contributed by atoms with van der Waals surface area (Å²) >= 11 is 0.933. The highest BCUT2D eigenvalue weighted by atomic mass is 32.1. The lowest BCUT2D eigenvalue weighted by Crippen LogP contribution is -2.50. The zero-order valence-corrected chi connectivity index (χ0v) is 21.1. The minimum absolute atomic E-state index is 0.00171. The molecule has 0 atom stereocenters. The first-order valence-electron chi connectivity index (χ1n) is 11.6. The number of nitrogens with zero attached hydrogens (tertiary/aromatic N) is 6. The Morgan fingerprint density at radius 1 is 1.03 bits per heavy atom. The molecule has 3 aromatic rings. The Morgan fingerprint density at radius 3 is 2.31 bits per heavy atom. The average Bonchev–Trinajstić information content (AvgIpc) is 3.35. The molecule has 0 aliphatic carbocycles. The van der Waals surface area contributed by atoms with E-state index in [9.17, 15) is 31.1 Å². The van der Waals surface area contributed by atoms with Gasteiger partial charge in [0.2, 0.25) is 11.8 Å². The molecule has 1 aromatic carbocycles. The highest BCUT2D eigenvalue weighted by Crippen LogP contribution is 2.37. The van der Waals surface area contributed by atoms with Crippen LogP contribution in [0.3, 0.4) is 0 Å². The number of ether oxygens (including phenoxy) is 1. The number of urea groups is 1. The Balaban J connectivity index is 1.36. The fourth-order valence-electron chi connectivity index (χ4n) is 3.67. The summed E-state index contributed by atoms with van der Waals surface area (Å²) < 4.78 is 92.9. The zero-order valence-electron chi connectivity index (χ0n) is 20.3. The SMILES string of the molecule is CCNc1nccc(COc2nsnc2N2CCN(C(=O)Nc3cc(C(F)(F)F)cc(C(F)(F)F)c3)CC2)n1. The van der Waals surface area contributed by atoms with Crippen LogP contribution in [0.25, 0.3) is 0 Å². The van der Waals surface area contributed by atoms with Crippen molar-refractivity contribution in [3.63, 3.8) is 0 Å². The fraction of sp³-hybridized carbons (Fsp3) is 0.409. The molecule has 0 saturated carbocycles. The van der Waals surface area contributed by atoms with Crippen molar-refractivity contribution in [3.8, 4) is 5.88 Å². The first-order valence-corrected chi connectivity index (χ1v) is 12.3. The van der Waals surface area contributed by atoms with E-state index >= 15 is 0 Å². The van der Waals surface area contributed by atoms with E-state index in [0.717, 1.165) is 11.7 Å². The summed E-state index contributed by atoms with van der Waals surface area (Å²) in [5, 5.41) is 5.15. The smallest absolute Gasteiger partial charge is 0.416 e. The average molecular weight is 577 g/mol. The molecule has 0 radical (unpaired) electrons. The first kappa shape index (κ1) is 28.1. The second-order valence-electron chi connectivity index (χ2n) is 8.28. The number of alkyl halides is 6. The Kier molecular flexibility index (Phi) is 8.27. The van der Waals surface area contributed by atoms with E-state index in [1.54, 1.807) is 12.3 Å². The number of carbonyl (C=O) groups is 1. The van der Waals surface area contributed by atoms with Crippen molar-refractivity contribution in [1.82, 2.24) is 23.6 Å². The van der Waals surface area contributed by atoms with Crippen LogP contribution in [0.5, 0.6) is 5.88 Å². The molecule has 210 valence electrons. The van der Waals surface area contributed by atoms with Crippen molar-refractivity contribution in [3.05, 3.63) is 47.3 Å². The van der Waals surface area contributed by atoms with E-state index in [0.29, 0.717) is 36.1 Å². The van der Waals surface area contributed by atoms with E-state index in [-0.39, 0.29) is 44.7 Å². The third-order valence-electron chi connectivity index (χ3n) is 5.55. The molecule has 0 unspecified atom stereocenters. The maximum atomic E-state index is 13.1. The summed E-state index contributed by atoms with van der Waals surface area (Å²) in [7, 11) is 0. The number of nitrogens with one attached hydrogen (secondary N) is 2. The summed E-state index contributed by atoms with van der Waals surface area (Å²) in [5.74, 6) is 1.18. The lowest BCUT2D eigenvalue weighted by atomic mass is 10.1. The van der Waals surface area contributed by atoms with Crippen LogP contribution in [-0.4, -0.2) is 62.4 Å². The summed E-state index contributed by atoms with van der Waals surface area (Å²) in [6.07, 6.45) is -8.44. The number of aromatic nitrogens is 4. The molecule has 4 rings (SSSR count). The summed E-state index contributed by atoms with van der Waals surface area (Å²) in [6, 6.07) is 1.80. The topological polar surface area (TPSA) is 108 Å². The normalized spacial score (nSPS) is 14.3. The second kappa shape index (κ2) is 11.5. The molecule has 1 fully saturated rings. The van der Waals surface area contributed by atoms with Crippen molar-refractivity contribution in [2.75, 3.05) is 48.3 Å². The molecule has 2 amide bonds. The van der Waals surface area contributed by atoms with Crippen LogP contribution < -0.4 is 20.3 Å². The van der Waals surface area contributed by atoms with Gasteiger partial charge in [0.05, 0.1) is 28.5 Å². The van der Waals surface area contributed by atoms with Gasteiger partial charge in [-0.2, -0.15) is 30.7 Å². The number of rotatable bonds is 7. The monoisotopic (exact) mass is 576 g/mol. The van der Waals surface area contributed by atoms with Crippen LogP contribution in [-0.2, 0) is 19.0 Å². The largest absolute Gasteiger partial charge is 0.468 e. The van der Waals surface area contributed by atoms with Crippen molar-refractivity contribution in [2.45, 2.75) is 25.9 Å². The van der Waals surface area contributed by atoms with Crippen LogP contribution >= 0.6 is 11.7 Å². The summed E-state index contributed by atoms with van der Waals surface area (Å²) in [6.45, 7) is 3.50. The third kappa shape index (κ3) is 7.15. The number of benzene rings is 1. The van der Waals surface area contributed by atoms with Gasteiger partial charge in [-0.25, -0.2) is 14.8 Å². The maximum absolute atomic E-state index is 13.1.